The van der Waals surface area contributed by atoms with E-state index in [0.29, 0.717) is 49.6 Å². The largest absolute Gasteiger partial charge is 0.462 e. The Bertz CT molecular complexity index is 1290. The molecule has 7 nitrogen and oxygen atoms in total. The van der Waals surface area contributed by atoms with Gasteiger partial charge in [-0.2, -0.15) is 0 Å². The summed E-state index contributed by atoms with van der Waals surface area (Å²) in [5.74, 6) is 0.00291. The number of esters is 1. The topological polar surface area (TPSA) is 84.7 Å². The van der Waals surface area contributed by atoms with E-state index >= 15 is 0 Å². The molecule has 1 N–H and O–H groups in total. The number of nitrogens with zero attached hydrogens (tertiary/aromatic N) is 3. The molecule has 8 heteroatoms. The lowest BCUT2D eigenvalue weighted by Gasteiger charge is -2.26. The fourth-order valence-electron chi connectivity index (χ4n) is 5.66. The maximum atomic E-state index is 13.9. The first kappa shape index (κ1) is 26.1. The minimum absolute atomic E-state index is 0.0114. The second-order valence-corrected chi connectivity index (χ2v) is 10.6. The summed E-state index contributed by atoms with van der Waals surface area (Å²) < 4.78 is 21.2. The van der Waals surface area contributed by atoms with Crippen molar-refractivity contribution in [3.05, 3.63) is 77.4 Å². The Kier molecular flexibility index (Phi) is 7.61. The zero-order valence-corrected chi connectivity index (χ0v) is 21.8. The Morgan fingerprint density at radius 3 is 2.58 bits per heavy atom. The molecule has 3 aromatic rings. The zero-order chi connectivity index (χ0) is 26.8. The number of benzene rings is 2. The van der Waals surface area contributed by atoms with Gasteiger partial charge in [-0.15, -0.1) is 0 Å². The molecule has 2 aromatic carbocycles. The second kappa shape index (κ2) is 11.1. The summed E-state index contributed by atoms with van der Waals surface area (Å²) in [4.78, 5) is 32.5. The molecule has 1 aromatic heterocycles. The lowest BCUT2D eigenvalue weighted by atomic mass is 9.99. The first-order valence-electron chi connectivity index (χ1n) is 13.4. The standard InChI is InChI=1S/C30H34FN3O4/c1-19(2)28-27(30(37)33-14-12-22(18-33)20-6-4-3-5-7-20)32-29(21-8-10-23(31)11-9-21)34(28)15-13-25-16-24(35)17-26(36)38-25/h3-11,19,22,24-25,35H,12-18H2,1-2H3/t22?,24-,25-/m1/s1. The first-order chi connectivity index (χ1) is 18.3. The first-order valence-corrected chi connectivity index (χ1v) is 13.4. The number of imidazole rings is 1. The number of aliphatic hydroxyl groups is 1. The predicted octanol–water partition coefficient (Wildman–Crippen LogP) is 4.90. The molecule has 0 spiro atoms. The van der Waals surface area contributed by atoms with Crippen LogP contribution in [0, 0.1) is 5.82 Å². The van der Waals surface area contributed by atoms with Crippen LogP contribution in [0.4, 0.5) is 4.39 Å². The molecule has 3 heterocycles. The van der Waals surface area contributed by atoms with Gasteiger partial charge in [-0.05, 0) is 42.2 Å². The Morgan fingerprint density at radius 2 is 1.89 bits per heavy atom. The fraction of sp³-hybridized carbons (Fsp3) is 0.433. The summed E-state index contributed by atoms with van der Waals surface area (Å²) in [6.45, 7) is 5.79. The highest BCUT2D eigenvalue weighted by molar-refractivity contribution is 5.94. The maximum Gasteiger partial charge on any atom is 0.308 e. The summed E-state index contributed by atoms with van der Waals surface area (Å²) in [7, 11) is 0. The molecule has 2 fully saturated rings. The van der Waals surface area contributed by atoms with E-state index in [1.54, 1.807) is 12.1 Å². The normalized spacial score (nSPS) is 21.7. The molecule has 2 aliphatic heterocycles. The number of ether oxygens (including phenoxy) is 1. The third-order valence-corrected chi connectivity index (χ3v) is 7.52. The van der Waals surface area contributed by atoms with Crippen LogP contribution in [0.15, 0.2) is 54.6 Å². The van der Waals surface area contributed by atoms with Gasteiger partial charge >= 0.3 is 5.97 Å². The van der Waals surface area contributed by atoms with Crippen molar-refractivity contribution in [3.63, 3.8) is 0 Å². The average Bonchev–Trinajstić information content (AvgIpc) is 3.53. The van der Waals surface area contributed by atoms with Crippen LogP contribution >= 0.6 is 0 Å². The number of likely N-dealkylation sites (tertiary alicyclic amines) is 1. The van der Waals surface area contributed by atoms with E-state index in [0.717, 1.165) is 12.1 Å². The molecule has 0 saturated carbocycles. The van der Waals surface area contributed by atoms with E-state index in [2.05, 4.69) is 12.1 Å². The molecule has 1 unspecified atom stereocenters. The van der Waals surface area contributed by atoms with Gasteiger partial charge in [0.25, 0.3) is 5.91 Å². The maximum absolute atomic E-state index is 13.9. The van der Waals surface area contributed by atoms with Gasteiger partial charge in [0.15, 0.2) is 5.69 Å². The number of aliphatic hydroxyl groups excluding tert-OH is 1. The summed E-state index contributed by atoms with van der Waals surface area (Å²) in [5.41, 5.74) is 3.15. The molecule has 0 radical (unpaired) electrons. The molecule has 5 rings (SSSR count). The van der Waals surface area contributed by atoms with E-state index in [-0.39, 0.29) is 30.0 Å². The minimum atomic E-state index is -0.713. The third kappa shape index (κ3) is 5.50. The van der Waals surface area contributed by atoms with Crippen LogP contribution in [-0.2, 0) is 16.1 Å². The Balaban J connectivity index is 1.47. The van der Waals surface area contributed by atoms with Crippen LogP contribution in [0.1, 0.15) is 73.1 Å². The Labute approximate surface area is 222 Å². The van der Waals surface area contributed by atoms with Gasteiger partial charge in [-0.1, -0.05) is 44.2 Å². The van der Waals surface area contributed by atoms with Gasteiger partial charge in [0.1, 0.15) is 17.7 Å². The smallest absolute Gasteiger partial charge is 0.308 e. The molecule has 38 heavy (non-hydrogen) atoms. The number of cyclic esters (lactones) is 1. The molecule has 0 aliphatic carbocycles. The van der Waals surface area contributed by atoms with E-state index in [1.807, 2.05) is 41.5 Å². The summed E-state index contributed by atoms with van der Waals surface area (Å²) in [6.07, 6.45) is 0.630. The number of carbonyl (C=O) groups excluding carboxylic acids is 2. The van der Waals surface area contributed by atoms with Gasteiger partial charge in [0, 0.05) is 44.0 Å². The van der Waals surface area contributed by atoms with Crippen LogP contribution in [0.25, 0.3) is 11.4 Å². The highest BCUT2D eigenvalue weighted by atomic mass is 19.1. The lowest BCUT2D eigenvalue weighted by Crippen LogP contribution is -2.33. The van der Waals surface area contributed by atoms with Gasteiger partial charge in [-0.25, -0.2) is 9.37 Å². The highest BCUT2D eigenvalue weighted by Crippen LogP contribution is 2.33. The highest BCUT2D eigenvalue weighted by Gasteiger charge is 2.34. The quantitative estimate of drug-likeness (QED) is 0.449. The minimum Gasteiger partial charge on any atom is -0.462 e. The fourth-order valence-corrected chi connectivity index (χ4v) is 5.66. The molecular weight excluding hydrogens is 485 g/mol. The van der Waals surface area contributed by atoms with Crippen LogP contribution in [0.5, 0.6) is 0 Å². The predicted molar refractivity (Wildman–Crippen MR) is 141 cm³/mol. The second-order valence-electron chi connectivity index (χ2n) is 10.6. The summed E-state index contributed by atoms with van der Waals surface area (Å²) in [6, 6.07) is 16.4. The lowest BCUT2D eigenvalue weighted by molar-refractivity contribution is -0.160. The number of rotatable bonds is 7. The Morgan fingerprint density at radius 1 is 1.16 bits per heavy atom. The number of hydrogen-bond donors (Lipinski definition) is 1. The van der Waals surface area contributed by atoms with E-state index in [4.69, 9.17) is 9.72 Å². The number of aromatic nitrogens is 2. The summed E-state index contributed by atoms with van der Waals surface area (Å²) >= 11 is 0. The van der Waals surface area contributed by atoms with Gasteiger partial charge < -0.3 is 19.3 Å². The van der Waals surface area contributed by atoms with E-state index in [1.165, 1.54) is 17.7 Å². The van der Waals surface area contributed by atoms with Crippen LogP contribution < -0.4 is 0 Å². The molecule has 3 atom stereocenters. The van der Waals surface area contributed by atoms with Crippen LogP contribution in [0.3, 0.4) is 0 Å². The molecular formula is C30H34FN3O4. The Hall–Kier alpha value is -3.52. The van der Waals surface area contributed by atoms with Crippen molar-refractivity contribution in [1.29, 1.82) is 0 Å². The number of carbonyl (C=O) groups is 2. The van der Waals surface area contributed by atoms with Crippen molar-refractivity contribution in [2.75, 3.05) is 13.1 Å². The van der Waals surface area contributed by atoms with Crippen LogP contribution in [0.2, 0.25) is 0 Å². The van der Waals surface area contributed by atoms with Crippen molar-refractivity contribution in [1.82, 2.24) is 14.5 Å². The van der Waals surface area contributed by atoms with Crippen molar-refractivity contribution < 1.29 is 23.8 Å². The van der Waals surface area contributed by atoms with Gasteiger partial charge in [-0.3, -0.25) is 9.59 Å². The summed E-state index contributed by atoms with van der Waals surface area (Å²) in [5, 5.41) is 10.0. The molecule has 2 saturated heterocycles. The van der Waals surface area contributed by atoms with Crippen molar-refractivity contribution >= 4 is 11.9 Å². The monoisotopic (exact) mass is 519 g/mol. The molecule has 1 amide bonds. The van der Waals surface area contributed by atoms with Crippen molar-refractivity contribution in [3.8, 4) is 11.4 Å². The average molecular weight is 520 g/mol. The third-order valence-electron chi connectivity index (χ3n) is 7.52. The molecule has 2 aliphatic rings. The number of hydrogen-bond acceptors (Lipinski definition) is 5. The number of amides is 1. The molecule has 200 valence electrons. The SMILES string of the molecule is CC(C)c1c(C(=O)N2CCC(c3ccccc3)C2)nc(-c2ccc(F)cc2)n1CC[C@@H]1C[C@@H](O)CC(=O)O1. The van der Waals surface area contributed by atoms with Crippen molar-refractivity contribution in [2.45, 2.75) is 70.1 Å². The molecule has 0 bridgehead atoms. The zero-order valence-electron chi connectivity index (χ0n) is 21.8. The van der Waals surface area contributed by atoms with Gasteiger partial charge in [0.2, 0.25) is 0 Å². The van der Waals surface area contributed by atoms with Crippen molar-refractivity contribution in [2.24, 2.45) is 0 Å². The van der Waals surface area contributed by atoms with E-state index in [9.17, 15) is 19.1 Å². The van der Waals surface area contributed by atoms with Crippen LogP contribution in [-0.4, -0.2) is 56.7 Å². The number of halogens is 1. The van der Waals surface area contributed by atoms with Gasteiger partial charge in [0.05, 0.1) is 18.2 Å². The van der Waals surface area contributed by atoms with E-state index < -0.39 is 18.2 Å².